The molecule has 1 aliphatic rings. The van der Waals surface area contributed by atoms with Crippen LogP contribution in [0.5, 0.6) is 0 Å². The number of sulfonamides is 1. The molecule has 174 valence electrons. The van der Waals surface area contributed by atoms with E-state index >= 15 is 0 Å². The number of urea groups is 1. The maximum Gasteiger partial charge on any atom is 0.321 e. The van der Waals surface area contributed by atoms with Gasteiger partial charge in [0.25, 0.3) is 0 Å². The Balaban J connectivity index is 1.63. The van der Waals surface area contributed by atoms with Gasteiger partial charge in [0.1, 0.15) is 11.6 Å². The maximum absolute atomic E-state index is 13.5. The van der Waals surface area contributed by atoms with Crippen LogP contribution in [0.15, 0.2) is 30.5 Å². The van der Waals surface area contributed by atoms with Crippen LogP contribution in [0.1, 0.15) is 26.2 Å². The molecule has 2 amide bonds. The van der Waals surface area contributed by atoms with Gasteiger partial charge in [0.15, 0.2) is 0 Å². The van der Waals surface area contributed by atoms with Gasteiger partial charge in [0, 0.05) is 37.8 Å². The number of benzene rings is 1. The van der Waals surface area contributed by atoms with Crippen LogP contribution < -0.4 is 5.32 Å². The van der Waals surface area contributed by atoms with E-state index in [0.29, 0.717) is 38.0 Å². The smallest absolute Gasteiger partial charge is 0.321 e. The molecule has 1 aromatic carbocycles. The predicted molar refractivity (Wildman–Crippen MR) is 120 cm³/mol. The van der Waals surface area contributed by atoms with Crippen LogP contribution >= 0.6 is 11.6 Å². The average molecular weight is 487 g/mol. The summed E-state index contributed by atoms with van der Waals surface area (Å²) in [6.07, 6.45) is 3.00. The largest absolute Gasteiger partial charge is 0.325 e. The lowest BCUT2D eigenvalue weighted by molar-refractivity contribution is 0.174. The Kier molecular flexibility index (Phi) is 7.68. The number of carbonyl (C=O) groups excluding carboxylic acids is 1. The molecule has 0 spiro atoms. The predicted octanol–water partition coefficient (Wildman–Crippen LogP) is 4.35. The van der Waals surface area contributed by atoms with Crippen LogP contribution in [0, 0.1) is 11.6 Å². The van der Waals surface area contributed by atoms with Crippen molar-refractivity contribution >= 4 is 33.3 Å². The fourth-order valence-corrected chi connectivity index (χ4v) is 5.50. The number of amides is 2. The number of hydrogen-bond acceptors (Lipinski definition) is 4. The number of nitrogens with one attached hydrogen (secondary N) is 1. The van der Waals surface area contributed by atoms with Gasteiger partial charge in [0.2, 0.25) is 10.0 Å². The highest BCUT2D eigenvalue weighted by molar-refractivity contribution is 7.89. The van der Waals surface area contributed by atoms with Gasteiger partial charge in [-0.1, -0.05) is 18.5 Å². The third-order valence-electron chi connectivity index (χ3n) is 5.38. The van der Waals surface area contributed by atoms with Crippen molar-refractivity contribution in [3.8, 4) is 11.3 Å². The Morgan fingerprint density at radius 3 is 2.41 bits per heavy atom. The quantitative estimate of drug-likeness (QED) is 0.658. The summed E-state index contributed by atoms with van der Waals surface area (Å²) in [6.45, 7) is 2.57. The normalized spacial score (nSPS) is 15.5. The van der Waals surface area contributed by atoms with Crippen molar-refractivity contribution in [1.29, 1.82) is 0 Å². The molecule has 11 heteroatoms. The highest BCUT2D eigenvalue weighted by Gasteiger charge is 2.30. The van der Waals surface area contributed by atoms with Crippen molar-refractivity contribution in [2.24, 2.45) is 0 Å². The molecule has 32 heavy (non-hydrogen) atoms. The molecular formula is C21H25ClF2N4O3S. The molecule has 1 aliphatic heterocycles. The number of hydrogen-bond donors (Lipinski definition) is 1. The minimum Gasteiger partial charge on any atom is -0.325 e. The molecule has 0 aliphatic carbocycles. The second kappa shape index (κ2) is 10.1. The summed E-state index contributed by atoms with van der Waals surface area (Å²) < 4.78 is 52.9. The molecule has 1 aromatic heterocycles. The number of piperidine rings is 1. The molecule has 0 radical (unpaired) electrons. The van der Waals surface area contributed by atoms with Crippen molar-refractivity contribution < 1.29 is 22.0 Å². The summed E-state index contributed by atoms with van der Waals surface area (Å²) in [5, 5.41) is 2.83. The first kappa shape index (κ1) is 24.3. The van der Waals surface area contributed by atoms with Crippen LogP contribution in [0.25, 0.3) is 11.3 Å². The van der Waals surface area contributed by atoms with Crippen molar-refractivity contribution in [1.82, 2.24) is 14.2 Å². The van der Waals surface area contributed by atoms with Gasteiger partial charge in [-0.05, 0) is 37.5 Å². The summed E-state index contributed by atoms with van der Waals surface area (Å²) in [7, 11) is -1.60. The molecular weight excluding hydrogens is 462 g/mol. The van der Waals surface area contributed by atoms with Crippen LogP contribution in [-0.4, -0.2) is 60.6 Å². The summed E-state index contributed by atoms with van der Waals surface area (Å²) in [4.78, 5) is 18.3. The Bertz CT molecular complexity index is 1070. The van der Waals surface area contributed by atoms with Crippen molar-refractivity contribution in [2.45, 2.75) is 32.2 Å². The number of halogens is 3. The SMILES string of the molecule is CCCS(=O)(=O)N1CCC(N(C)C(=O)Nc2cnc(-c3cc(F)cc(F)c3)c(Cl)c2)CC1. The zero-order chi connectivity index (χ0) is 23.5. The van der Waals surface area contributed by atoms with Crippen molar-refractivity contribution in [3.05, 3.63) is 47.1 Å². The van der Waals surface area contributed by atoms with Gasteiger partial charge in [-0.15, -0.1) is 0 Å². The monoisotopic (exact) mass is 486 g/mol. The Morgan fingerprint density at radius 2 is 1.84 bits per heavy atom. The number of carbonyl (C=O) groups is 1. The van der Waals surface area contributed by atoms with E-state index in [9.17, 15) is 22.0 Å². The lowest BCUT2D eigenvalue weighted by Gasteiger charge is -2.36. The van der Waals surface area contributed by atoms with E-state index in [1.807, 2.05) is 6.92 Å². The number of pyridine rings is 1. The zero-order valence-corrected chi connectivity index (χ0v) is 19.4. The van der Waals surface area contributed by atoms with Gasteiger partial charge in [-0.3, -0.25) is 4.98 Å². The Hall–Kier alpha value is -2.30. The summed E-state index contributed by atoms with van der Waals surface area (Å²) in [6, 6.07) is 3.96. The zero-order valence-electron chi connectivity index (χ0n) is 17.8. The summed E-state index contributed by atoms with van der Waals surface area (Å²) in [5.41, 5.74) is 0.708. The highest BCUT2D eigenvalue weighted by atomic mass is 35.5. The lowest BCUT2D eigenvalue weighted by atomic mass is 10.1. The molecule has 0 saturated carbocycles. The topological polar surface area (TPSA) is 82.6 Å². The second-order valence-electron chi connectivity index (χ2n) is 7.70. The molecule has 1 saturated heterocycles. The second-order valence-corrected chi connectivity index (χ2v) is 10.2. The van der Waals surface area contributed by atoms with E-state index in [1.165, 1.54) is 21.5 Å². The van der Waals surface area contributed by atoms with E-state index in [-0.39, 0.29) is 34.1 Å². The fraction of sp³-hybridized carbons (Fsp3) is 0.429. The Labute approximate surface area is 191 Å². The lowest BCUT2D eigenvalue weighted by Crippen LogP contribution is -2.48. The van der Waals surface area contributed by atoms with Crippen molar-refractivity contribution in [2.75, 3.05) is 31.2 Å². The fourth-order valence-electron chi connectivity index (χ4n) is 3.68. The van der Waals surface area contributed by atoms with Crippen LogP contribution in [0.3, 0.4) is 0 Å². The van der Waals surface area contributed by atoms with Crippen LogP contribution in [0.4, 0.5) is 19.3 Å². The number of anilines is 1. The van der Waals surface area contributed by atoms with Gasteiger partial charge in [-0.2, -0.15) is 0 Å². The first-order chi connectivity index (χ1) is 15.1. The first-order valence-corrected chi connectivity index (χ1v) is 12.2. The highest BCUT2D eigenvalue weighted by Crippen LogP contribution is 2.29. The standard InChI is InChI=1S/C21H25ClF2N4O3S/c1-3-8-32(30,31)28-6-4-18(5-7-28)27(2)21(29)26-17-12-19(22)20(25-13-17)14-9-15(23)11-16(24)10-14/h9-13,18H,3-8H2,1-2H3,(H,26,29). The third kappa shape index (κ3) is 5.73. The first-order valence-electron chi connectivity index (χ1n) is 10.2. The molecule has 0 bridgehead atoms. The molecule has 1 fully saturated rings. The molecule has 0 atom stereocenters. The minimum atomic E-state index is -3.24. The molecule has 2 heterocycles. The van der Waals surface area contributed by atoms with Gasteiger partial charge in [-0.25, -0.2) is 26.3 Å². The van der Waals surface area contributed by atoms with E-state index < -0.39 is 21.7 Å². The number of nitrogens with zero attached hydrogens (tertiary/aromatic N) is 3. The molecule has 7 nitrogen and oxygen atoms in total. The maximum atomic E-state index is 13.5. The average Bonchev–Trinajstić information content (AvgIpc) is 2.72. The molecule has 0 unspecified atom stereocenters. The molecule has 1 N–H and O–H groups in total. The molecule has 2 aromatic rings. The van der Waals surface area contributed by atoms with Crippen LogP contribution in [0.2, 0.25) is 5.02 Å². The van der Waals surface area contributed by atoms with Gasteiger partial charge >= 0.3 is 6.03 Å². The number of rotatable bonds is 6. The van der Waals surface area contributed by atoms with E-state index in [0.717, 1.165) is 18.2 Å². The van der Waals surface area contributed by atoms with Gasteiger partial charge in [0.05, 0.1) is 28.4 Å². The van der Waals surface area contributed by atoms with E-state index in [4.69, 9.17) is 11.6 Å². The Morgan fingerprint density at radius 1 is 1.22 bits per heavy atom. The minimum absolute atomic E-state index is 0.110. The number of aromatic nitrogens is 1. The third-order valence-corrected chi connectivity index (χ3v) is 7.74. The van der Waals surface area contributed by atoms with E-state index in [1.54, 1.807) is 7.05 Å². The van der Waals surface area contributed by atoms with E-state index in [2.05, 4.69) is 10.3 Å². The van der Waals surface area contributed by atoms with Crippen molar-refractivity contribution in [3.63, 3.8) is 0 Å². The van der Waals surface area contributed by atoms with Crippen LogP contribution in [-0.2, 0) is 10.0 Å². The summed E-state index contributed by atoms with van der Waals surface area (Å²) >= 11 is 6.23. The van der Waals surface area contributed by atoms with Gasteiger partial charge < -0.3 is 10.2 Å². The summed E-state index contributed by atoms with van der Waals surface area (Å²) in [5.74, 6) is -1.36. The molecule has 3 rings (SSSR count).